The van der Waals surface area contributed by atoms with Crippen LogP contribution in [0.2, 0.25) is 0 Å². The molecule has 5 N–H and O–H groups in total. The maximum absolute atomic E-state index is 10.7. The van der Waals surface area contributed by atoms with Crippen LogP contribution in [-0.4, -0.2) is 68.8 Å². The van der Waals surface area contributed by atoms with Crippen LogP contribution in [-0.2, 0) is 4.74 Å². The molecule has 116 valence electrons. The molecule has 1 aliphatic rings. The van der Waals surface area contributed by atoms with Crippen molar-refractivity contribution in [2.75, 3.05) is 6.61 Å². The number of carbonyl (C=O) groups is 1. The standard InChI is InChI=1S/C13H16O8/c14-5-8-9(15)10(16)11(17)13(21-8)20-7-3-1-6(2-4-7)12(18)19/h1-4,8-11,13-17H,5H2,(H,18,19). The first-order valence-electron chi connectivity index (χ1n) is 6.24. The highest BCUT2D eigenvalue weighted by Crippen LogP contribution is 2.24. The minimum Gasteiger partial charge on any atom is -0.478 e. The van der Waals surface area contributed by atoms with E-state index >= 15 is 0 Å². The number of hydrogen-bond donors (Lipinski definition) is 5. The second-order valence-electron chi connectivity index (χ2n) is 4.64. The fraction of sp³-hybridized carbons (Fsp3) is 0.462. The number of benzene rings is 1. The van der Waals surface area contributed by atoms with E-state index < -0.39 is 43.3 Å². The second kappa shape index (κ2) is 6.37. The maximum Gasteiger partial charge on any atom is 0.335 e. The maximum atomic E-state index is 10.7. The molecule has 1 aliphatic heterocycles. The van der Waals surface area contributed by atoms with Gasteiger partial charge in [0.2, 0.25) is 6.29 Å². The van der Waals surface area contributed by atoms with Gasteiger partial charge in [-0.05, 0) is 24.3 Å². The molecule has 1 aromatic carbocycles. The molecule has 8 heteroatoms. The van der Waals surface area contributed by atoms with Gasteiger partial charge in [0.05, 0.1) is 12.2 Å². The number of aliphatic hydroxyl groups excluding tert-OH is 4. The van der Waals surface area contributed by atoms with E-state index in [4.69, 9.17) is 19.7 Å². The lowest BCUT2D eigenvalue weighted by molar-refractivity contribution is -0.277. The summed E-state index contributed by atoms with van der Waals surface area (Å²) < 4.78 is 10.5. The van der Waals surface area contributed by atoms with Crippen molar-refractivity contribution in [3.8, 4) is 5.75 Å². The van der Waals surface area contributed by atoms with Gasteiger partial charge >= 0.3 is 5.97 Å². The largest absolute Gasteiger partial charge is 0.478 e. The Labute approximate surface area is 119 Å². The summed E-state index contributed by atoms with van der Waals surface area (Å²) in [5.41, 5.74) is 0.0659. The molecule has 5 atom stereocenters. The zero-order valence-corrected chi connectivity index (χ0v) is 10.9. The van der Waals surface area contributed by atoms with Gasteiger partial charge in [-0.2, -0.15) is 0 Å². The minimum atomic E-state index is -1.53. The highest BCUT2D eigenvalue weighted by molar-refractivity contribution is 5.87. The second-order valence-corrected chi connectivity index (χ2v) is 4.64. The fourth-order valence-electron chi connectivity index (χ4n) is 1.97. The van der Waals surface area contributed by atoms with Gasteiger partial charge in [0.25, 0.3) is 0 Å². The summed E-state index contributed by atoms with van der Waals surface area (Å²) in [5.74, 6) is -0.876. The van der Waals surface area contributed by atoms with Gasteiger partial charge in [0, 0.05) is 0 Å². The third-order valence-corrected chi connectivity index (χ3v) is 3.20. The molecular formula is C13H16O8. The number of ether oxygens (including phenoxy) is 2. The van der Waals surface area contributed by atoms with E-state index in [9.17, 15) is 20.1 Å². The van der Waals surface area contributed by atoms with Gasteiger partial charge < -0.3 is 35.0 Å². The Morgan fingerprint density at radius 3 is 2.24 bits per heavy atom. The van der Waals surface area contributed by atoms with Crippen LogP contribution >= 0.6 is 0 Å². The number of aliphatic hydroxyl groups is 4. The summed E-state index contributed by atoms with van der Waals surface area (Å²) in [5, 5.41) is 46.9. The predicted molar refractivity (Wildman–Crippen MR) is 67.8 cm³/mol. The van der Waals surface area contributed by atoms with Crippen LogP contribution < -0.4 is 4.74 Å². The van der Waals surface area contributed by atoms with Crippen molar-refractivity contribution in [3.05, 3.63) is 29.8 Å². The monoisotopic (exact) mass is 300 g/mol. The highest BCUT2D eigenvalue weighted by atomic mass is 16.7. The van der Waals surface area contributed by atoms with Crippen LogP contribution in [0.4, 0.5) is 0 Å². The van der Waals surface area contributed by atoms with Gasteiger partial charge in [-0.1, -0.05) is 0 Å². The number of carboxylic acid groups (broad SMARTS) is 1. The Hall–Kier alpha value is -1.71. The molecule has 5 unspecified atom stereocenters. The number of rotatable bonds is 4. The zero-order valence-electron chi connectivity index (χ0n) is 10.9. The molecule has 0 spiro atoms. The summed E-state index contributed by atoms with van der Waals surface area (Å²) in [4.78, 5) is 10.7. The van der Waals surface area contributed by atoms with Crippen LogP contribution in [0.1, 0.15) is 10.4 Å². The molecule has 1 aromatic rings. The summed E-state index contributed by atoms with van der Waals surface area (Å²) in [7, 11) is 0. The van der Waals surface area contributed by atoms with Crippen molar-refractivity contribution in [3.63, 3.8) is 0 Å². The van der Waals surface area contributed by atoms with Gasteiger partial charge in [-0.15, -0.1) is 0 Å². The Balaban J connectivity index is 2.08. The molecule has 0 aromatic heterocycles. The van der Waals surface area contributed by atoms with Crippen molar-refractivity contribution in [1.82, 2.24) is 0 Å². The van der Waals surface area contributed by atoms with Crippen molar-refractivity contribution < 1.29 is 39.8 Å². The van der Waals surface area contributed by atoms with Gasteiger partial charge in [0.15, 0.2) is 0 Å². The topological polar surface area (TPSA) is 137 Å². The first-order valence-corrected chi connectivity index (χ1v) is 6.24. The summed E-state index contributed by atoms with van der Waals surface area (Å²) in [6, 6.07) is 5.35. The molecule has 1 heterocycles. The van der Waals surface area contributed by atoms with Crippen molar-refractivity contribution >= 4 is 5.97 Å². The van der Waals surface area contributed by atoms with Crippen LogP contribution in [0.15, 0.2) is 24.3 Å². The predicted octanol–water partition coefficient (Wildman–Crippen LogP) is -1.44. The Morgan fingerprint density at radius 2 is 1.71 bits per heavy atom. The van der Waals surface area contributed by atoms with E-state index in [1.165, 1.54) is 24.3 Å². The van der Waals surface area contributed by atoms with Gasteiger partial charge in [-0.3, -0.25) is 0 Å². The summed E-state index contributed by atoms with van der Waals surface area (Å²) in [6.45, 7) is -0.553. The van der Waals surface area contributed by atoms with Gasteiger partial charge in [0.1, 0.15) is 30.2 Å². The first kappa shape index (κ1) is 15.7. The third kappa shape index (κ3) is 3.31. The number of aromatic carboxylic acids is 1. The number of carboxylic acids is 1. The quantitative estimate of drug-likeness (QED) is 0.456. The van der Waals surface area contributed by atoms with Crippen molar-refractivity contribution in [2.24, 2.45) is 0 Å². The highest BCUT2D eigenvalue weighted by Gasteiger charge is 2.44. The molecule has 0 amide bonds. The molecule has 8 nitrogen and oxygen atoms in total. The van der Waals surface area contributed by atoms with E-state index in [0.717, 1.165) is 0 Å². The smallest absolute Gasteiger partial charge is 0.335 e. The van der Waals surface area contributed by atoms with E-state index in [1.807, 2.05) is 0 Å². The fourth-order valence-corrected chi connectivity index (χ4v) is 1.97. The molecule has 1 saturated heterocycles. The molecule has 0 bridgehead atoms. The number of hydrogen-bond acceptors (Lipinski definition) is 7. The lowest BCUT2D eigenvalue weighted by Gasteiger charge is -2.39. The average molecular weight is 300 g/mol. The van der Waals surface area contributed by atoms with E-state index in [0.29, 0.717) is 0 Å². The first-order chi connectivity index (χ1) is 9.93. The third-order valence-electron chi connectivity index (χ3n) is 3.20. The average Bonchev–Trinajstić information content (AvgIpc) is 2.48. The van der Waals surface area contributed by atoms with Crippen LogP contribution in [0.5, 0.6) is 5.75 Å². The lowest BCUT2D eigenvalue weighted by atomic mass is 9.99. The van der Waals surface area contributed by atoms with E-state index in [2.05, 4.69) is 0 Å². The Bertz CT molecular complexity index is 485. The molecule has 2 rings (SSSR count). The summed E-state index contributed by atoms with van der Waals surface area (Å²) in [6.07, 6.45) is -6.86. The summed E-state index contributed by atoms with van der Waals surface area (Å²) >= 11 is 0. The molecule has 0 saturated carbocycles. The van der Waals surface area contributed by atoms with E-state index in [-0.39, 0.29) is 11.3 Å². The molecule has 0 aliphatic carbocycles. The minimum absolute atomic E-state index is 0.0659. The molecular weight excluding hydrogens is 284 g/mol. The molecule has 21 heavy (non-hydrogen) atoms. The molecule has 1 fully saturated rings. The Kier molecular flexibility index (Phi) is 4.76. The van der Waals surface area contributed by atoms with Crippen molar-refractivity contribution in [1.29, 1.82) is 0 Å². The van der Waals surface area contributed by atoms with Crippen LogP contribution in [0.3, 0.4) is 0 Å². The van der Waals surface area contributed by atoms with Crippen molar-refractivity contribution in [2.45, 2.75) is 30.7 Å². The SMILES string of the molecule is O=C(O)c1ccc(OC2OC(CO)C(O)C(O)C2O)cc1. The normalized spacial score (nSPS) is 32.7. The van der Waals surface area contributed by atoms with Crippen LogP contribution in [0.25, 0.3) is 0 Å². The van der Waals surface area contributed by atoms with Crippen LogP contribution in [0, 0.1) is 0 Å². The van der Waals surface area contributed by atoms with E-state index in [1.54, 1.807) is 0 Å². The van der Waals surface area contributed by atoms with Gasteiger partial charge in [-0.25, -0.2) is 4.79 Å². The molecule has 0 radical (unpaired) electrons. The Morgan fingerprint density at radius 1 is 1.10 bits per heavy atom. The zero-order chi connectivity index (χ0) is 15.6. The lowest BCUT2D eigenvalue weighted by Crippen LogP contribution is -2.60.